The molecule has 19 heavy (non-hydrogen) atoms. The first-order chi connectivity index (χ1) is 9.09. The number of carbonyl (C=O) groups is 2. The van der Waals surface area contributed by atoms with Crippen LogP contribution >= 0.6 is 0 Å². The fraction of sp³-hybridized carbons (Fsp3) is 0.636. The number of aromatic nitrogens is 3. The van der Waals surface area contributed by atoms with Crippen molar-refractivity contribution >= 4 is 11.9 Å². The molecule has 0 bridgehead atoms. The molecule has 0 saturated carbocycles. The van der Waals surface area contributed by atoms with Crippen LogP contribution in [0.15, 0.2) is 12.4 Å². The number of amides is 1. The van der Waals surface area contributed by atoms with Gasteiger partial charge in [0.2, 0.25) is 5.91 Å². The van der Waals surface area contributed by atoms with Gasteiger partial charge in [-0.15, -0.1) is 5.10 Å². The number of carboxylic acid groups (broad SMARTS) is 1. The van der Waals surface area contributed by atoms with Crippen LogP contribution in [0, 0.1) is 5.92 Å². The van der Waals surface area contributed by atoms with Crippen molar-refractivity contribution < 1.29 is 19.4 Å². The summed E-state index contributed by atoms with van der Waals surface area (Å²) in [7, 11) is 1.61. The molecule has 1 aliphatic heterocycles. The molecule has 2 unspecified atom stereocenters. The van der Waals surface area contributed by atoms with Crippen LogP contribution in [0.1, 0.15) is 6.42 Å². The monoisotopic (exact) mass is 268 g/mol. The Labute approximate surface area is 109 Å². The van der Waals surface area contributed by atoms with Crippen LogP contribution in [0.25, 0.3) is 0 Å². The molecule has 0 radical (unpaired) electrons. The Morgan fingerprint density at radius 1 is 1.53 bits per heavy atom. The molecule has 0 aromatic carbocycles. The first-order valence-corrected chi connectivity index (χ1v) is 6.00. The molecule has 0 spiro atoms. The predicted molar refractivity (Wildman–Crippen MR) is 63.1 cm³/mol. The highest BCUT2D eigenvalue weighted by Gasteiger charge is 2.38. The summed E-state index contributed by atoms with van der Waals surface area (Å²) >= 11 is 0. The number of aliphatic carboxylic acids is 1. The molecule has 8 nitrogen and oxygen atoms in total. The average Bonchev–Trinajstić information content (AvgIpc) is 3.05. The number of aryl methyl sites for hydroxylation is 1. The van der Waals surface area contributed by atoms with Gasteiger partial charge < -0.3 is 14.7 Å². The molecule has 2 heterocycles. The zero-order chi connectivity index (χ0) is 13.8. The van der Waals surface area contributed by atoms with Crippen LogP contribution in [-0.2, 0) is 20.9 Å². The zero-order valence-electron chi connectivity index (χ0n) is 10.6. The van der Waals surface area contributed by atoms with Gasteiger partial charge in [-0.25, -0.2) is 0 Å². The van der Waals surface area contributed by atoms with Crippen molar-refractivity contribution in [2.45, 2.75) is 19.0 Å². The van der Waals surface area contributed by atoms with E-state index >= 15 is 0 Å². The van der Waals surface area contributed by atoms with E-state index in [1.54, 1.807) is 24.1 Å². The van der Waals surface area contributed by atoms with E-state index in [2.05, 4.69) is 10.3 Å². The van der Waals surface area contributed by atoms with Crippen LogP contribution in [0.3, 0.4) is 0 Å². The lowest BCUT2D eigenvalue weighted by atomic mass is 10.0. The first-order valence-electron chi connectivity index (χ1n) is 6.00. The minimum absolute atomic E-state index is 0.128. The Kier molecular flexibility index (Phi) is 4.10. The predicted octanol–water partition coefficient (Wildman–Crippen LogP) is -0.774. The van der Waals surface area contributed by atoms with E-state index in [1.807, 2.05) is 0 Å². The molecule has 8 heteroatoms. The van der Waals surface area contributed by atoms with Gasteiger partial charge in [-0.3, -0.25) is 14.3 Å². The third-order valence-corrected chi connectivity index (χ3v) is 3.29. The quantitative estimate of drug-likeness (QED) is 0.752. The highest BCUT2D eigenvalue weighted by molar-refractivity contribution is 5.78. The Bertz CT molecular complexity index is 448. The summed E-state index contributed by atoms with van der Waals surface area (Å²) in [5.74, 6) is -1.71. The van der Waals surface area contributed by atoms with E-state index in [-0.39, 0.29) is 25.5 Å². The van der Waals surface area contributed by atoms with E-state index in [1.165, 1.54) is 4.90 Å². The molecule has 1 amide bonds. The number of ether oxygens (including phenoxy) is 1. The van der Waals surface area contributed by atoms with Crippen molar-refractivity contribution in [1.29, 1.82) is 0 Å². The van der Waals surface area contributed by atoms with Crippen LogP contribution in [0.4, 0.5) is 0 Å². The first kappa shape index (κ1) is 13.5. The molecule has 1 fully saturated rings. The second-order valence-electron chi connectivity index (χ2n) is 4.47. The normalized spacial score (nSPS) is 22.4. The number of rotatable bonds is 5. The van der Waals surface area contributed by atoms with Crippen molar-refractivity contribution in [2.24, 2.45) is 5.92 Å². The van der Waals surface area contributed by atoms with Gasteiger partial charge in [-0.2, -0.15) is 0 Å². The minimum atomic E-state index is -0.932. The van der Waals surface area contributed by atoms with Crippen molar-refractivity contribution in [3.8, 4) is 0 Å². The van der Waals surface area contributed by atoms with Crippen molar-refractivity contribution in [3.05, 3.63) is 12.4 Å². The Morgan fingerprint density at radius 2 is 2.32 bits per heavy atom. The van der Waals surface area contributed by atoms with Gasteiger partial charge >= 0.3 is 5.97 Å². The van der Waals surface area contributed by atoms with E-state index < -0.39 is 17.9 Å². The van der Waals surface area contributed by atoms with E-state index in [0.717, 1.165) is 0 Å². The lowest BCUT2D eigenvalue weighted by Gasteiger charge is -2.26. The summed E-state index contributed by atoms with van der Waals surface area (Å²) in [4.78, 5) is 24.5. The van der Waals surface area contributed by atoms with E-state index in [0.29, 0.717) is 6.54 Å². The largest absolute Gasteiger partial charge is 0.481 e. The number of hydrogen-bond donors (Lipinski definition) is 1. The number of carbonyl (C=O) groups excluding carboxylic acids is 1. The molecular formula is C11H16N4O4. The third-order valence-electron chi connectivity index (χ3n) is 3.29. The summed E-state index contributed by atoms with van der Waals surface area (Å²) < 4.78 is 6.71. The average molecular weight is 268 g/mol. The summed E-state index contributed by atoms with van der Waals surface area (Å²) in [6, 6.07) is -0.402. The summed E-state index contributed by atoms with van der Waals surface area (Å²) in [6.07, 6.45) is 3.47. The second-order valence-corrected chi connectivity index (χ2v) is 4.47. The van der Waals surface area contributed by atoms with Crippen molar-refractivity contribution in [2.75, 3.05) is 20.3 Å². The van der Waals surface area contributed by atoms with Crippen LogP contribution in [-0.4, -0.2) is 63.2 Å². The minimum Gasteiger partial charge on any atom is -0.481 e. The van der Waals surface area contributed by atoms with E-state index in [9.17, 15) is 9.59 Å². The molecule has 2 rings (SSSR count). The molecular weight excluding hydrogens is 252 g/mol. The van der Waals surface area contributed by atoms with Gasteiger partial charge in [0, 0.05) is 19.7 Å². The van der Waals surface area contributed by atoms with Gasteiger partial charge in [0.25, 0.3) is 0 Å². The van der Waals surface area contributed by atoms with Gasteiger partial charge in [0.15, 0.2) is 0 Å². The lowest BCUT2D eigenvalue weighted by Crippen LogP contribution is -2.44. The highest BCUT2D eigenvalue weighted by Crippen LogP contribution is 2.19. The fourth-order valence-electron chi connectivity index (χ4n) is 2.08. The number of nitrogens with zero attached hydrogens (tertiary/aromatic N) is 4. The number of hydrogen-bond acceptors (Lipinski definition) is 5. The molecule has 1 aliphatic rings. The lowest BCUT2D eigenvalue weighted by molar-refractivity contribution is -0.144. The summed E-state index contributed by atoms with van der Waals surface area (Å²) in [5.41, 5.74) is 0. The molecule has 1 saturated heterocycles. The maximum absolute atomic E-state index is 12.0. The van der Waals surface area contributed by atoms with Crippen molar-refractivity contribution in [1.82, 2.24) is 19.9 Å². The summed E-state index contributed by atoms with van der Waals surface area (Å²) in [5, 5.41) is 16.5. The van der Waals surface area contributed by atoms with Gasteiger partial charge in [0.1, 0.15) is 5.92 Å². The van der Waals surface area contributed by atoms with Gasteiger partial charge in [-0.05, 0) is 0 Å². The topological polar surface area (TPSA) is 97.5 Å². The fourth-order valence-corrected chi connectivity index (χ4v) is 2.08. The van der Waals surface area contributed by atoms with Gasteiger partial charge in [0.05, 0.1) is 32.0 Å². The second kappa shape index (κ2) is 5.79. The maximum atomic E-state index is 12.0. The molecule has 0 aliphatic carbocycles. The van der Waals surface area contributed by atoms with Crippen LogP contribution < -0.4 is 0 Å². The molecule has 1 N–H and O–H groups in total. The standard InChI is InChI=1S/C11H16N4O4/c1-14(9-7-19-6-8(9)11(17)18)10(16)2-4-15-5-3-12-13-15/h3,5,8-9H,2,4,6-7H2,1H3,(H,17,18). The van der Waals surface area contributed by atoms with Crippen molar-refractivity contribution in [3.63, 3.8) is 0 Å². The maximum Gasteiger partial charge on any atom is 0.311 e. The van der Waals surface area contributed by atoms with Crippen LogP contribution in [0.5, 0.6) is 0 Å². The highest BCUT2D eigenvalue weighted by atomic mass is 16.5. The zero-order valence-corrected chi connectivity index (χ0v) is 10.6. The van der Waals surface area contributed by atoms with Crippen LogP contribution in [0.2, 0.25) is 0 Å². The summed E-state index contributed by atoms with van der Waals surface area (Å²) in [6.45, 7) is 0.845. The smallest absolute Gasteiger partial charge is 0.311 e. The van der Waals surface area contributed by atoms with Gasteiger partial charge in [-0.1, -0.05) is 5.21 Å². The molecule has 2 atom stereocenters. The third kappa shape index (κ3) is 3.08. The number of carboxylic acids is 1. The molecule has 1 aromatic rings. The Morgan fingerprint density at radius 3 is 2.95 bits per heavy atom. The molecule has 1 aromatic heterocycles. The number of likely N-dealkylation sites (N-methyl/N-ethyl adjacent to an activating group) is 1. The SMILES string of the molecule is CN(C(=O)CCn1ccnn1)C1COCC1C(=O)O. The Balaban J connectivity index is 1.89. The molecule has 104 valence electrons. The Hall–Kier alpha value is -1.96. The van der Waals surface area contributed by atoms with E-state index in [4.69, 9.17) is 9.84 Å².